The summed E-state index contributed by atoms with van der Waals surface area (Å²) in [6, 6.07) is -4.43. The van der Waals surface area contributed by atoms with Gasteiger partial charge >= 0.3 is 17.9 Å². The van der Waals surface area contributed by atoms with Crippen LogP contribution in [0.25, 0.3) is 0 Å². The molecule has 0 aliphatic heterocycles. The molecule has 11 nitrogen and oxygen atoms in total. The molecule has 136 valence electrons. The Morgan fingerprint density at radius 1 is 0.875 bits per heavy atom. The van der Waals surface area contributed by atoms with Crippen molar-refractivity contribution in [3.63, 3.8) is 0 Å². The second-order valence-electron chi connectivity index (χ2n) is 5.16. The number of hydrogen-bond donors (Lipinski definition) is 5. The first-order valence-corrected chi connectivity index (χ1v) is 7.03. The summed E-state index contributed by atoms with van der Waals surface area (Å²) in [6.45, 7) is 1.22. The molecule has 0 aromatic heterocycles. The summed E-state index contributed by atoms with van der Waals surface area (Å²) in [6.07, 6.45) is -1.90. The number of nitrogens with two attached hydrogens (primary N) is 2. The maximum absolute atomic E-state index is 12.3. The SMILES string of the molecule is CC(N)C(=O)N(C(=O)C(N)CCC(=O)O)C(CCC(=O)O)C(=O)O. The third kappa shape index (κ3) is 6.71. The van der Waals surface area contributed by atoms with Gasteiger partial charge in [0.1, 0.15) is 6.04 Å². The van der Waals surface area contributed by atoms with Crippen molar-refractivity contribution < 1.29 is 39.3 Å². The van der Waals surface area contributed by atoms with Crippen molar-refractivity contribution in [3.05, 3.63) is 0 Å². The molecule has 24 heavy (non-hydrogen) atoms. The summed E-state index contributed by atoms with van der Waals surface area (Å²) >= 11 is 0. The zero-order valence-electron chi connectivity index (χ0n) is 13.0. The van der Waals surface area contributed by atoms with Crippen LogP contribution < -0.4 is 11.5 Å². The third-order valence-electron chi connectivity index (χ3n) is 3.08. The molecular formula is C13H21N3O8. The van der Waals surface area contributed by atoms with Gasteiger partial charge < -0.3 is 26.8 Å². The first kappa shape index (κ1) is 21.5. The van der Waals surface area contributed by atoms with Crippen LogP contribution >= 0.6 is 0 Å². The van der Waals surface area contributed by atoms with E-state index in [4.69, 9.17) is 21.7 Å². The lowest BCUT2D eigenvalue weighted by atomic mass is 10.0. The van der Waals surface area contributed by atoms with Gasteiger partial charge in [-0.15, -0.1) is 0 Å². The molecule has 0 aromatic carbocycles. The highest BCUT2D eigenvalue weighted by molar-refractivity contribution is 6.03. The van der Waals surface area contributed by atoms with Gasteiger partial charge in [0.05, 0.1) is 12.1 Å². The Labute approximate surface area is 137 Å². The summed E-state index contributed by atoms with van der Waals surface area (Å²) in [5, 5.41) is 26.5. The Bertz CT molecular complexity index is 519. The van der Waals surface area contributed by atoms with E-state index in [-0.39, 0.29) is 6.42 Å². The van der Waals surface area contributed by atoms with Crippen LogP contribution in [0.1, 0.15) is 32.6 Å². The number of carboxylic acid groups (broad SMARTS) is 3. The van der Waals surface area contributed by atoms with Gasteiger partial charge in [0.2, 0.25) is 11.8 Å². The molecule has 7 N–H and O–H groups in total. The maximum Gasteiger partial charge on any atom is 0.326 e. The van der Waals surface area contributed by atoms with Crippen LogP contribution in [0.2, 0.25) is 0 Å². The molecule has 0 bridgehead atoms. The van der Waals surface area contributed by atoms with Crippen molar-refractivity contribution in [1.82, 2.24) is 4.90 Å². The monoisotopic (exact) mass is 347 g/mol. The molecule has 0 aliphatic rings. The quantitative estimate of drug-likeness (QED) is 0.300. The minimum absolute atomic E-state index is 0.317. The molecule has 0 fully saturated rings. The first-order chi connectivity index (χ1) is 11.0. The zero-order valence-corrected chi connectivity index (χ0v) is 13.0. The van der Waals surface area contributed by atoms with Gasteiger partial charge in [0.15, 0.2) is 0 Å². The van der Waals surface area contributed by atoms with Crippen molar-refractivity contribution >= 4 is 29.7 Å². The van der Waals surface area contributed by atoms with Gasteiger partial charge in [0.25, 0.3) is 0 Å². The number of aliphatic carboxylic acids is 3. The number of nitrogens with zero attached hydrogens (tertiary/aromatic N) is 1. The van der Waals surface area contributed by atoms with Crippen LogP contribution in [0, 0.1) is 0 Å². The average Bonchev–Trinajstić information content (AvgIpc) is 2.46. The van der Waals surface area contributed by atoms with E-state index in [1.807, 2.05) is 0 Å². The van der Waals surface area contributed by atoms with Crippen molar-refractivity contribution in [2.45, 2.75) is 50.7 Å². The van der Waals surface area contributed by atoms with Gasteiger partial charge in [-0.2, -0.15) is 0 Å². The molecule has 11 heteroatoms. The number of hydrogen-bond acceptors (Lipinski definition) is 7. The second-order valence-corrected chi connectivity index (χ2v) is 5.16. The zero-order chi connectivity index (χ0) is 19.0. The van der Waals surface area contributed by atoms with Gasteiger partial charge in [-0.3, -0.25) is 24.1 Å². The molecule has 0 saturated heterocycles. The Balaban J connectivity index is 5.50. The van der Waals surface area contributed by atoms with Gasteiger partial charge in [-0.05, 0) is 19.8 Å². The number of carbonyl (C=O) groups is 5. The molecule has 0 saturated carbocycles. The number of carboxylic acids is 3. The van der Waals surface area contributed by atoms with E-state index >= 15 is 0 Å². The normalized spacial score (nSPS) is 14.3. The fourth-order valence-corrected chi connectivity index (χ4v) is 1.84. The highest BCUT2D eigenvalue weighted by Crippen LogP contribution is 2.13. The second kappa shape index (κ2) is 9.57. The first-order valence-electron chi connectivity index (χ1n) is 7.03. The van der Waals surface area contributed by atoms with E-state index in [0.29, 0.717) is 4.90 Å². The number of amides is 2. The van der Waals surface area contributed by atoms with E-state index in [9.17, 15) is 29.1 Å². The van der Waals surface area contributed by atoms with Crippen LogP contribution in [-0.4, -0.2) is 68.1 Å². The lowest BCUT2D eigenvalue weighted by Crippen LogP contribution is -2.57. The lowest BCUT2D eigenvalue weighted by molar-refractivity contribution is -0.160. The molecule has 0 heterocycles. The topological polar surface area (TPSA) is 201 Å². The van der Waals surface area contributed by atoms with E-state index in [2.05, 4.69) is 0 Å². The van der Waals surface area contributed by atoms with Crippen molar-refractivity contribution in [2.75, 3.05) is 0 Å². The summed E-state index contributed by atoms with van der Waals surface area (Å²) in [5.74, 6) is -6.27. The summed E-state index contributed by atoms with van der Waals surface area (Å²) in [4.78, 5) is 57.3. The van der Waals surface area contributed by atoms with E-state index in [1.54, 1.807) is 0 Å². The number of imide groups is 1. The Kier molecular flexibility index (Phi) is 8.56. The Hall–Kier alpha value is -2.53. The molecule has 0 rings (SSSR count). The average molecular weight is 347 g/mol. The summed E-state index contributed by atoms with van der Waals surface area (Å²) in [5.41, 5.74) is 10.9. The van der Waals surface area contributed by atoms with Crippen LogP contribution in [-0.2, 0) is 24.0 Å². The molecule has 3 atom stereocenters. The van der Waals surface area contributed by atoms with Crippen molar-refractivity contribution in [2.24, 2.45) is 11.5 Å². The predicted octanol–water partition coefficient (Wildman–Crippen LogP) is -1.80. The molecule has 0 spiro atoms. The van der Waals surface area contributed by atoms with Crippen molar-refractivity contribution in [1.29, 1.82) is 0 Å². The Morgan fingerprint density at radius 2 is 1.33 bits per heavy atom. The number of carbonyl (C=O) groups excluding carboxylic acids is 2. The van der Waals surface area contributed by atoms with Gasteiger partial charge in [0, 0.05) is 12.8 Å². The largest absolute Gasteiger partial charge is 0.481 e. The highest BCUT2D eigenvalue weighted by Gasteiger charge is 2.38. The fourth-order valence-electron chi connectivity index (χ4n) is 1.84. The third-order valence-corrected chi connectivity index (χ3v) is 3.08. The molecular weight excluding hydrogens is 326 g/mol. The molecule has 0 aliphatic carbocycles. The van der Waals surface area contributed by atoms with E-state index in [1.165, 1.54) is 6.92 Å². The molecule has 0 radical (unpaired) electrons. The predicted molar refractivity (Wildman–Crippen MR) is 78.6 cm³/mol. The molecule has 2 amide bonds. The number of rotatable bonds is 10. The minimum atomic E-state index is -1.76. The fraction of sp³-hybridized carbons (Fsp3) is 0.615. The highest BCUT2D eigenvalue weighted by atomic mass is 16.4. The van der Waals surface area contributed by atoms with Crippen LogP contribution in [0.3, 0.4) is 0 Å². The maximum atomic E-state index is 12.3. The van der Waals surface area contributed by atoms with Crippen LogP contribution in [0.4, 0.5) is 0 Å². The van der Waals surface area contributed by atoms with Crippen LogP contribution in [0.5, 0.6) is 0 Å². The van der Waals surface area contributed by atoms with E-state index in [0.717, 1.165) is 0 Å². The van der Waals surface area contributed by atoms with E-state index < -0.39 is 67.1 Å². The smallest absolute Gasteiger partial charge is 0.326 e. The van der Waals surface area contributed by atoms with Gasteiger partial charge in [-0.25, -0.2) is 4.79 Å². The summed E-state index contributed by atoms with van der Waals surface area (Å²) in [7, 11) is 0. The minimum Gasteiger partial charge on any atom is -0.481 e. The summed E-state index contributed by atoms with van der Waals surface area (Å²) < 4.78 is 0. The molecule has 0 aromatic rings. The Morgan fingerprint density at radius 3 is 1.71 bits per heavy atom. The van der Waals surface area contributed by atoms with Crippen LogP contribution in [0.15, 0.2) is 0 Å². The van der Waals surface area contributed by atoms with Crippen molar-refractivity contribution in [3.8, 4) is 0 Å². The lowest BCUT2D eigenvalue weighted by Gasteiger charge is -2.30. The molecule has 3 unspecified atom stereocenters. The van der Waals surface area contributed by atoms with Gasteiger partial charge in [-0.1, -0.05) is 0 Å². The standard InChI is InChI=1S/C13H21N3O8/c1-6(14)11(21)16(8(13(23)24)3-5-10(19)20)12(22)7(15)2-4-9(17)18/h6-8H,2-5,14-15H2,1H3,(H,17,18)(H,19,20)(H,23,24).